The largest absolute Gasteiger partial charge is 0.462 e. The van der Waals surface area contributed by atoms with Crippen LogP contribution in [0.1, 0.15) is 181 Å². The van der Waals surface area contributed by atoms with Crippen LogP contribution in [0.5, 0.6) is 0 Å². The summed E-state index contributed by atoms with van der Waals surface area (Å²) >= 11 is 0. The Bertz CT molecular complexity index is 1400. The molecule has 62 heavy (non-hydrogen) atoms. The van der Waals surface area contributed by atoms with Gasteiger partial charge in [0.1, 0.15) is 13.2 Å². The van der Waals surface area contributed by atoms with Crippen molar-refractivity contribution in [1.29, 1.82) is 0 Å². The van der Waals surface area contributed by atoms with Crippen LogP contribution in [0.25, 0.3) is 0 Å². The van der Waals surface area contributed by atoms with E-state index >= 15 is 0 Å². The zero-order valence-corrected chi connectivity index (χ0v) is 39.3. The molecule has 0 bridgehead atoms. The summed E-state index contributed by atoms with van der Waals surface area (Å²) < 4.78 is 16.6. The molecule has 0 N–H and O–H groups in total. The van der Waals surface area contributed by atoms with Gasteiger partial charge in [-0.05, 0) is 89.9 Å². The first-order chi connectivity index (χ1) is 30.5. The van der Waals surface area contributed by atoms with Gasteiger partial charge in [0.05, 0.1) is 0 Å². The van der Waals surface area contributed by atoms with Crippen molar-refractivity contribution in [1.82, 2.24) is 0 Å². The van der Waals surface area contributed by atoms with Crippen LogP contribution in [-0.2, 0) is 28.6 Å². The van der Waals surface area contributed by atoms with Gasteiger partial charge in [0.25, 0.3) is 0 Å². The van der Waals surface area contributed by atoms with Gasteiger partial charge < -0.3 is 14.2 Å². The highest BCUT2D eigenvalue weighted by atomic mass is 16.6. The van der Waals surface area contributed by atoms with Crippen molar-refractivity contribution in [3.05, 3.63) is 134 Å². The first kappa shape index (κ1) is 57.5. The standard InChI is InChI=1S/C56H86O6/c1-4-7-10-13-16-19-21-23-25-27-28-29-31-32-34-37-40-43-46-49-55(58)61-52-53(51-60-54(57)48-45-42-39-36-18-15-12-9-6-3)62-56(59)50-47-44-41-38-35-33-30-26-24-22-20-17-14-11-8-5-2/h7,9-10,12-13,16,18-19,21,23,25-36,53H,4-6,8,11,14-15,17,20,22,24,37-52H2,1-3H3/b10-7-,12-9-,16-13-,21-19-,25-23-,28-27+,30-26-,31-29-,34-32-,35-33-,36-18-. The van der Waals surface area contributed by atoms with E-state index in [0.29, 0.717) is 25.7 Å². The van der Waals surface area contributed by atoms with Gasteiger partial charge in [0.2, 0.25) is 0 Å². The van der Waals surface area contributed by atoms with Gasteiger partial charge in [0, 0.05) is 19.3 Å². The van der Waals surface area contributed by atoms with Crippen LogP contribution in [0.4, 0.5) is 0 Å². The second kappa shape index (κ2) is 49.2. The van der Waals surface area contributed by atoms with Crippen LogP contribution < -0.4 is 0 Å². The molecule has 0 aliphatic rings. The molecule has 1 atom stereocenters. The summed E-state index contributed by atoms with van der Waals surface area (Å²) in [5, 5.41) is 0. The van der Waals surface area contributed by atoms with Crippen molar-refractivity contribution in [3.63, 3.8) is 0 Å². The first-order valence-electron chi connectivity index (χ1n) is 24.3. The van der Waals surface area contributed by atoms with E-state index < -0.39 is 6.10 Å². The Morgan fingerprint density at radius 2 is 0.710 bits per heavy atom. The SMILES string of the molecule is CC\C=C/C=C\C=C/C=C\C=C\C=C/C=C\CCCCCC(=O)OCC(COC(=O)CCCC/C=C\C/C=C\CC)OC(=O)CCCCC/C=C\C=C/CCCCCCCCC. The third kappa shape index (κ3) is 46.6. The van der Waals surface area contributed by atoms with Gasteiger partial charge in [-0.3, -0.25) is 14.4 Å². The maximum Gasteiger partial charge on any atom is 0.306 e. The minimum Gasteiger partial charge on any atom is -0.462 e. The van der Waals surface area contributed by atoms with Crippen molar-refractivity contribution in [2.24, 2.45) is 0 Å². The van der Waals surface area contributed by atoms with Gasteiger partial charge in [-0.25, -0.2) is 0 Å². The van der Waals surface area contributed by atoms with E-state index in [1.807, 2.05) is 72.9 Å². The van der Waals surface area contributed by atoms with Crippen LogP contribution in [0.3, 0.4) is 0 Å². The van der Waals surface area contributed by atoms with Crippen LogP contribution in [0.15, 0.2) is 134 Å². The number of ether oxygens (including phenoxy) is 3. The highest BCUT2D eigenvalue weighted by molar-refractivity contribution is 5.71. The number of rotatable bonds is 41. The van der Waals surface area contributed by atoms with Crippen LogP contribution in [0.2, 0.25) is 0 Å². The topological polar surface area (TPSA) is 78.9 Å². The molecule has 1 unspecified atom stereocenters. The summed E-state index contributed by atoms with van der Waals surface area (Å²) in [6, 6.07) is 0. The Morgan fingerprint density at radius 1 is 0.355 bits per heavy atom. The minimum atomic E-state index is -0.827. The lowest BCUT2D eigenvalue weighted by Gasteiger charge is -2.18. The third-order valence-corrected chi connectivity index (χ3v) is 9.59. The smallest absolute Gasteiger partial charge is 0.306 e. The van der Waals surface area contributed by atoms with E-state index in [0.717, 1.165) is 77.0 Å². The Hall–Kier alpha value is -4.45. The lowest BCUT2D eigenvalue weighted by molar-refractivity contribution is -0.167. The quantitative estimate of drug-likeness (QED) is 0.0200. The normalized spacial score (nSPS) is 13.3. The number of esters is 3. The monoisotopic (exact) mass is 855 g/mol. The molecule has 0 aromatic rings. The van der Waals surface area contributed by atoms with Crippen molar-refractivity contribution in [2.75, 3.05) is 13.2 Å². The van der Waals surface area contributed by atoms with Crippen LogP contribution >= 0.6 is 0 Å². The molecular weight excluding hydrogens is 769 g/mol. The van der Waals surface area contributed by atoms with Gasteiger partial charge in [-0.15, -0.1) is 0 Å². The van der Waals surface area contributed by atoms with Gasteiger partial charge >= 0.3 is 17.9 Å². The molecule has 0 aliphatic heterocycles. The molecule has 0 heterocycles. The summed E-state index contributed by atoms with van der Waals surface area (Å²) in [5.74, 6) is -1.05. The highest BCUT2D eigenvalue weighted by Gasteiger charge is 2.19. The molecule has 0 radical (unpaired) electrons. The maximum absolute atomic E-state index is 12.7. The molecule has 6 nitrogen and oxygen atoms in total. The Kier molecular flexibility index (Phi) is 45.7. The molecule has 0 rings (SSSR count). The van der Waals surface area contributed by atoms with Crippen LogP contribution in [0, 0.1) is 0 Å². The molecule has 0 aliphatic carbocycles. The van der Waals surface area contributed by atoms with Crippen molar-refractivity contribution < 1.29 is 28.6 Å². The second-order valence-corrected chi connectivity index (χ2v) is 15.5. The molecule has 0 fully saturated rings. The molecular formula is C56H86O6. The number of hydrogen-bond acceptors (Lipinski definition) is 6. The summed E-state index contributed by atoms with van der Waals surface area (Å²) in [6.07, 6.45) is 68.7. The second-order valence-electron chi connectivity index (χ2n) is 15.5. The van der Waals surface area contributed by atoms with Crippen molar-refractivity contribution in [3.8, 4) is 0 Å². The predicted octanol–water partition coefficient (Wildman–Crippen LogP) is 15.9. The fraction of sp³-hybridized carbons (Fsp3) is 0.554. The molecule has 0 amide bonds. The van der Waals surface area contributed by atoms with E-state index in [4.69, 9.17) is 14.2 Å². The fourth-order valence-electron chi connectivity index (χ4n) is 5.98. The molecule has 6 heteroatoms. The minimum absolute atomic E-state index is 0.126. The number of hydrogen-bond donors (Lipinski definition) is 0. The van der Waals surface area contributed by atoms with Crippen molar-refractivity contribution >= 4 is 17.9 Å². The predicted molar refractivity (Wildman–Crippen MR) is 265 cm³/mol. The molecule has 0 spiro atoms. The van der Waals surface area contributed by atoms with E-state index in [-0.39, 0.29) is 44.0 Å². The summed E-state index contributed by atoms with van der Waals surface area (Å²) in [5.41, 5.74) is 0. The number of carbonyl (C=O) groups excluding carboxylic acids is 3. The molecule has 346 valence electrons. The molecule has 0 aromatic heterocycles. The maximum atomic E-state index is 12.7. The zero-order chi connectivity index (χ0) is 45.1. The van der Waals surface area contributed by atoms with E-state index in [1.165, 1.54) is 44.9 Å². The summed E-state index contributed by atoms with van der Waals surface area (Å²) in [7, 11) is 0. The lowest BCUT2D eigenvalue weighted by Crippen LogP contribution is -2.30. The summed E-state index contributed by atoms with van der Waals surface area (Å²) in [4.78, 5) is 37.8. The number of unbranched alkanes of at least 4 members (excludes halogenated alkanes) is 15. The van der Waals surface area contributed by atoms with Gasteiger partial charge in [-0.2, -0.15) is 0 Å². The number of carbonyl (C=O) groups is 3. The Labute approximate surface area is 379 Å². The van der Waals surface area contributed by atoms with Gasteiger partial charge in [0.15, 0.2) is 6.10 Å². The van der Waals surface area contributed by atoms with Crippen molar-refractivity contribution in [2.45, 2.75) is 187 Å². The molecule has 0 aromatic carbocycles. The van der Waals surface area contributed by atoms with E-state index in [9.17, 15) is 14.4 Å². The summed E-state index contributed by atoms with van der Waals surface area (Å²) in [6.45, 7) is 6.23. The average Bonchev–Trinajstić information content (AvgIpc) is 3.27. The molecule has 0 saturated heterocycles. The van der Waals surface area contributed by atoms with E-state index in [1.54, 1.807) is 0 Å². The Morgan fingerprint density at radius 3 is 1.21 bits per heavy atom. The third-order valence-electron chi connectivity index (χ3n) is 9.59. The van der Waals surface area contributed by atoms with E-state index in [2.05, 4.69) is 81.5 Å². The Balaban J connectivity index is 4.55. The lowest BCUT2D eigenvalue weighted by atomic mass is 10.1. The fourth-order valence-corrected chi connectivity index (χ4v) is 5.98. The highest BCUT2D eigenvalue weighted by Crippen LogP contribution is 2.11. The zero-order valence-electron chi connectivity index (χ0n) is 39.3. The number of allylic oxidation sites excluding steroid dienone is 22. The van der Waals surface area contributed by atoms with Gasteiger partial charge in [-0.1, -0.05) is 206 Å². The average molecular weight is 855 g/mol. The van der Waals surface area contributed by atoms with Crippen LogP contribution in [-0.4, -0.2) is 37.2 Å². The first-order valence-corrected chi connectivity index (χ1v) is 24.3. The molecule has 0 saturated carbocycles.